The Hall–Kier alpha value is -1.00. The lowest BCUT2D eigenvalue weighted by Gasteiger charge is -2.15. The molecule has 3 nitrogen and oxygen atoms in total. The van der Waals surface area contributed by atoms with Crippen LogP contribution in [0.3, 0.4) is 0 Å². The lowest BCUT2D eigenvalue weighted by Crippen LogP contribution is -2.34. The standard InChI is InChI=1S/C9H9NO2S/c10-7-1-2-8-6(9(7)12)3-5(4-11)13-8/h3-4,7H,1-2,10H2. The minimum atomic E-state index is -0.374. The number of carbonyl (C=O) groups excluding carboxylic acids is 2. The summed E-state index contributed by atoms with van der Waals surface area (Å²) in [5.41, 5.74) is 6.27. The quantitative estimate of drug-likeness (QED) is 0.680. The maximum atomic E-state index is 11.5. The average Bonchev–Trinajstić information content (AvgIpc) is 2.55. The molecule has 0 fully saturated rings. The van der Waals surface area contributed by atoms with Crippen molar-refractivity contribution in [3.05, 3.63) is 21.4 Å². The zero-order valence-corrected chi connectivity index (χ0v) is 7.76. The molecule has 1 aromatic heterocycles. The molecule has 4 heteroatoms. The highest BCUT2D eigenvalue weighted by atomic mass is 32.1. The first-order valence-electron chi connectivity index (χ1n) is 4.10. The van der Waals surface area contributed by atoms with Gasteiger partial charge in [-0.2, -0.15) is 0 Å². The minimum absolute atomic E-state index is 0.0226. The van der Waals surface area contributed by atoms with Crippen molar-refractivity contribution in [2.24, 2.45) is 5.73 Å². The van der Waals surface area contributed by atoms with Gasteiger partial charge in [-0.15, -0.1) is 11.3 Å². The molecule has 0 radical (unpaired) electrons. The maximum Gasteiger partial charge on any atom is 0.180 e. The van der Waals surface area contributed by atoms with Crippen molar-refractivity contribution >= 4 is 23.4 Å². The van der Waals surface area contributed by atoms with Crippen LogP contribution in [0, 0.1) is 0 Å². The minimum Gasteiger partial charge on any atom is -0.321 e. The number of aldehydes is 1. The first-order valence-corrected chi connectivity index (χ1v) is 4.91. The lowest BCUT2D eigenvalue weighted by atomic mass is 9.94. The highest BCUT2D eigenvalue weighted by molar-refractivity contribution is 7.14. The number of ketones is 1. The van der Waals surface area contributed by atoms with Crippen molar-refractivity contribution in [1.29, 1.82) is 0 Å². The molecule has 0 amide bonds. The Kier molecular flexibility index (Phi) is 2.01. The van der Waals surface area contributed by atoms with Crippen LogP contribution in [-0.2, 0) is 6.42 Å². The molecule has 2 N–H and O–H groups in total. The normalized spacial score (nSPS) is 21.3. The van der Waals surface area contributed by atoms with Crippen molar-refractivity contribution in [3.8, 4) is 0 Å². The fourth-order valence-electron chi connectivity index (χ4n) is 1.52. The molecule has 0 aromatic carbocycles. The predicted octanol–water partition coefficient (Wildman–Crippen LogP) is 1.02. The van der Waals surface area contributed by atoms with Crippen LogP contribution in [0.1, 0.15) is 31.3 Å². The van der Waals surface area contributed by atoms with E-state index in [2.05, 4.69) is 0 Å². The summed E-state index contributed by atoms with van der Waals surface area (Å²) < 4.78 is 0. The van der Waals surface area contributed by atoms with E-state index in [4.69, 9.17) is 5.73 Å². The molecule has 0 saturated carbocycles. The van der Waals surface area contributed by atoms with Crippen LogP contribution in [0.25, 0.3) is 0 Å². The molecule has 0 spiro atoms. The van der Waals surface area contributed by atoms with Crippen LogP contribution in [0.5, 0.6) is 0 Å². The third-order valence-corrected chi connectivity index (χ3v) is 3.35. The fourth-order valence-corrected chi connectivity index (χ4v) is 2.52. The molecule has 0 saturated heterocycles. The van der Waals surface area contributed by atoms with Gasteiger partial charge < -0.3 is 5.73 Å². The summed E-state index contributed by atoms with van der Waals surface area (Å²) in [5, 5.41) is 0. The Bertz CT molecular complexity index is 370. The van der Waals surface area contributed by atoms with Crippen molar-refractivity contribution in [3.63, 3.8) is 0 Å². The largest absolute Gasteiger partial charge is 0.321 e. The van der Waals surface area contributed by atoms with E-state index in [0.717, 1.165) is 17.6 Å². The van der Waals surface area contributed by atoms with Gasteiger partial charge in [-0.1, -0.05) is 0 Å². The van der Waals surface area contributed by atoms with E-state index in [0.29, 0.717) is 16.9 Å². The second kappa shape index (κ2) is 3.05. The van der Waals surface area contributed by atoms with Crippen LogP contribution in [0.15, 0.2) is 6.07 Å². The summed E-state index contributed by atoms with van der Waals surface area (Å²) >= 11 is 1.40. The van der Waals surface area contributed by atoms with Gasteiger partial charge in [0.25, 0.3) is 0 Å². The molecule has 1 unspecified atom stereocenters. The van der Waals surface area contributed by atoms with Gasteiger partial charge in [0.15, 0.2) is 12.1 Å². The summed E-state index contributed by atoms with van der Waals surface area (Å²) in [6.45, 7) is 0. The topological polar surface area (TPSA) is 60.2 Å². The van der Waals surface area contributed by atoms with Crippen LogP contribution in [-0.4, -0.2) is 18.1 Å². The number of hydrogen-bond acceptors (Lipinski definition) is 4. The smallest absolute Gasteiger partial charge is 0.180 e. The van der Waals surface area contributed by atoms with Crippen molar-refractivity contribution < 1.29 is 9.59 Å². The Balaban J connectivity index is 2.47. The predicted molar refractivity (Wildman–Crippen MR) is 50.3 cm³/mol. The first-order chi connectivity index (χ1) is 6.22. The van der Waals surface area contributed by atoms with Crippen LogP contribution in [0.2, 0.25) is 0 Å². The number of hydrogen-bond donors (Lipinski definition) is 1. The Morgan fingerprint density at radius 3 is 3.08 bits per heavy atom. The molecule has 1 aliphatic carbocycles. The van der Waals surface area contributed by atoms with Crippen LogP contribution >= 0.6 is 11.3 Å². The van der Waals surface area contributed by atoms with E-state index in [1.807, 2.05) is 0 Å². The Morgan fingerprint density at radius 1 is 1.62 bits per heavy atom. The van der Waals surface area contributed by atoms with Crippen molar-refractivity contribution in [1.82, 2.24) is 0 Å². The first kappa shape index (κ1) is 8.59. The average molecular weight is 195 g/mol. The third-order valence-electron chi connectivity index (χ3n) is 2.23. The number of nitrogens with two attached hydrogens (primary N) is 1. The Labute approximate surface area is 79.6 Å². The molecule has 68 valence electrons. The van der Waals surface area contributed by atoms with E-state index < -0.39 is 0 Å². The van der Waals surface area contributed by atoms with Gasteiger partial charge in [-0.05, 0) is 18.9 Å². The number of thiophene rings is 1. The van der Waals surface area contributed by atoms with Crippen LogP contribution < -0.4 is 5.73 Å². The number of carbonyl (C=O) groups is 2. The van der Waals surface area contributed by atoms with Crippen LogP contribution in [0.4, 0.5) is 0 Å². The zero-order valence-electron chi connectivity index (χ0n) is 6.95. The molecule has 2 rings (SSSR count). The summed E-state index contributed by atoms with van der Waals surface area (Å²) in [6, 6.07) is 1.27. The van der Waals surface area contributed by atoms with E-state index in [9.17, 15) is 9.59 Å². The highest BCUT2D eigenvalue weighted by Gasteiger charge is 2.26. The summed E-state index contributed by atoms with van der Waals surface area (Å²) in [5.74, 6) is -0.0226. The van der Waals surface area contributed by atoms with Gasteiger partial charge in [-0.3, -0.25) is 9.59 Å². The fraction of sp³-hybridized carbons (Fsp3) is 0.333. The molecule has 1 aliphatic rings. The molecule has 13 heavy (non-hydrogen) atoms. The maximum absolute atomic E-state index is 11.5. The molecule has 1 aromatic rings. The van der Waals surface area contributed by atoms with Gasteiger partial charge in [-0.25, -0.2) is 0 Å². The zero-order chi connectivity index (χ0) is 9.42. The van der Waals surface area contributed by atoms with Crippen molar-refractivity contribution in [2.45, 2.75) is 18.9 Å². The lowest BCUT2D eigenvalue weighted by molar-refractivity contribution is 0.0949. The molecule has 0 bridgehead atoms. The summed E-state index contributed by atoms with van der Waals surface area (Å²) in [7, 11) is 0. The van der Waals surface area contributed by atoms with E-state index in [1.165, 1.54) is 11.3 Å². The summed E-state index contributed by atoms with van der Waals surface area (Å²) in [4.78, 5) is 23.6. The monoisotopic (exact) mass is 195 g/mol. The second-order valence-electron chi connectivity index (χ2n) is 3.11. The molecule has 1 heterocycles. The number of aryl methyl sites for hydroxylation is 1. The van der Waals surface area contributed by atoms with Gasteiger partial charge in [0.2, 0.25) is 0 Å². The van der Waals surface area contributed by atoms with E-state index in [-0.39, 0.29) is 11.8 Å². The molecule has 0 aliphatic heterocycles. The second-order valence-corrected chi connectivity index (χ2v) is 4.28. The van der Waals surface area contributed by atoms with E-state index >= 15 is 0 Å². The van der Waals surface area contributed by atoms with E-state index in [1.54, 1.807) is 6.07 Å². The summed E-state index contributed by atoms with van der Waals surface area (Å²) in [6.07, 6.45) is 2.30. The number of Topliss-reactive ketones (excluding diaryl/α,β-unsaturated/α-hetero) is 1. The third kappa shape index (κ3) is 1.32. The van der Waals surface area contributed by atoms with Gasteiger partial charge in [0.1, 0.15) is 0 Å². The number of rotatable bonds is 1. The van der Waals surface area contributed by atoms with Gasteiger partial charge >= 0.3 is 0 Å². The molecular formula is C9H9NO2S. The SMILES string of the molecule is NC1CCc2sc(C=O)cc2C1=O. The Morgan fingerprint density at radius 2 is 2.38 bits per heavy atom. The number of fused-ring (bicyclic) bond motifs is 1. The molecule has 1 atom stereocenters. The molecular weight excluding hydrogens is 186 g/mol. The van der Waals surface area contributed by atoms with Gasteiger partial charge in [0, 0.05) is 10.4 Å². The van der Waals surface area contributed by atoms with Gasteiger partial charge in [0.05, 0.1) is 10.9 Å². The van der Waals surface area contributed by atoms with Crippen molar-refractivity contribution in [2.75, 3.05) is 0 Å². The highest BCUT2D eigenvalue weighted by Crippen LogP contribution is 2.28.